The van der Waals surface area contributed by atoms with Gasteiger partial charge in [0.2, 0.25) is 0 Å². The first-order valence-electron chi connectivity index (χ1n) is 7.75. The summed E-state index contributed by atoms with van der Waals surface area (Å²) in [6.45, 7) is 0. The van der Waals surface area contributed by atoms with Crippen LogP contribution >= 0.6 is 0 Å². The highest BCUT2D eigenvalue weighted by molar-refractivity contribution is 7.87. The van der Waals surface area contributed by atoms with Crippen molar-refractivity contribution in [2.24, 2.45) is 11.8 Å². The van der Waals surface area contributed by atoms with Gasteiger partial charge in [0.25, 0.3) is 10.1 Å². The molecule has 23 heavy (non-hydrogen) atoms. The standard InChI is InChI=1S/C14H22O8S/c15-12(16)9-6-10(13(17)18)8-11(7-9)22-14(23(19,20)21)4-2-1-3-5-14/h9-11H,1-8H2,(H,15,16)(H,17,18)(H,19,20,21). The van der Waals surface area contributed by atoms with Crippen molar-refractivity contribution < 1.29 is 37.5 Å². The summed E-state index contributed by atoms with van der Waals surface area (Å²) in [6.07, 6.45) is 1.56. The van der Waals surface area contributed by atoms with Gasteiger partial charge in [-0.1, -0.05) is 6.42 Å². The molecule has 3 N–H and O–H groups in total. The molecule has 2 saturated carbocycles. The number of aliphatic carboxylic acids is 2. The molecule has 0 aromatic heterocycles. The van der Waals surface area contributed by atoms with E-state index in [4.69, 9.17) is 14.9 Å². The minimum Gasteiger partial charge on any atom is -0.481 e. The van der Waals surface area contributed by atoms with Gasteiger partial charge in [-0.25, -0.2) is 0 Å². The van der Waals surface area contributed by atoms with Crippen LogP contribution in [0.1, 0.15) is 51.4 Å². The van der Waals surface area contributed by atoms with E-state index in [0.717, 1.165) is 6.42 Å². The smallest absolute Gasteiger partial charge is 0.306 e. The van der Waals surface area contributed by atoms with Gasteiger partial charge in [-0.2, -0.15) is 8.42 Å². The number of rotatable bonds is 5. The second-order valence-electron chi connectivity index (χ2n) is 6.46. The number of ether oxygens (including phenoxy) is 1. The molecule has 0 aromatic rings. The molecule has 2 atom stereocenters. The average molecular weight is 350 g/mol. The lowest BCUT2D eigenvalue weighted by Crippen LogP contribution is -2.48. The summed E-state index contributed by atoms with van der Waals surface area (Å²) in [5.74, 6) is -4.02. The van der Waals surface area contributed by atoms with E-state index in [1.165, 1.54) is 0 Å². The summed E-state index contributed by atoms with van der Waals surface area (Å²) >= 11 is 0. The van der Waals surface area contributed by atoms with Crippen molar-refractivity contribution in [3.8, 4) is 0 Å². The predicted octanol–water partition coefficient (Wildman–Crippen LogP) is 1.51. The van der Waals surface area contributed by atoms with Gasteiger partial charge in [-0.3, -0.25) is 14.1 Å². The molecule has 0 aromatic carbocycles. The van der Waals surface area contributed by atoms with Crippen molar-refractivity contribution in [2.75, 3.05) is 0 Å². The zero-order valence-corrected chi connectivity index (χ0v) is 13.5. The van der Waals surface area contributed by atoms with E-state index in [1.54, 1.807) is 0 Å². The van der Waals surface area contributed by atoms with E-state index in [1.807, 2.05) is 0 Å². The number of hydrogen-bond donors (Lipinski definition) is 3. The Bertz CT molecular complexity index is 541. The van der Waals surface area contributed by atoms with Gasteiger partial charge in [-0.15, -0.1) is 0 Å². The summed E-state index contributed by atoms with van der Waals surface area (Å²) in [5.41, 5.74) is 0. The summed E-state index contributed by atoms with van der Waals surface area (Å²) in [4.78, 5) is 20.7. The fourth-order valence-electron chi connectivity index (χ4n) is 3.60. The third-order valence-corrected chi connectivity index (χ3v) is 6.27. The largest absolute Gasteiger partial charge is 0.481 e. The SMILES string of the molecule is O=C(O)C1CC(OC2(S(=O)(=O)O)CCCCC2)CC(C(=O)O)C1. The lowest BCUT2D eigenvalue weighted by molar-refractivity contribution is -0.156. The fraction of sp³-hybridized carbons (Fsp3) is 0.857. The minimum absolute atomic E-state index is 0.00337. The second kappa shape index (κ2) is 6.74. The number of carbonyl (C=O) groups is 2. The van der Waals surface area contributed by atoms with E-state index in [-0.39, 0.29) is 32.1 Å². The molecule has 132 valence electrons. The molecule has 0 bridgehead atoms. The molecule has 2 rings (SSSR count). The van der Waals surface area contributed by atoms with E-state index in [0.29, 0.717) is 12.8 Å². The van der Waals surface area contributed by atoms with Crippen molar-refractivity contribution in [3.63, 3.8) is 0 Å². The molecular weight excluding hydrogens is 328 g/mol. The Morgan fingerprint density at radius 1 is 0.913 bits per heavy atom. The van der Waals surface area contributed by atoms with Gasteiger partial charge in [0, 0.05) is 0 Å². The van der Waals surface area contributed by atoms with E-state index in [9.17, 15) is 22.6 Å². The maximum Gasteiger partial charge on any atom is 0.306 e. The lowest BCUT2D eigenvalue weighted by atomic mass is 9.79. The van der Waals surface area contributed by atoms with Crippen LogP contribution in [0.5, 0.6) is 0 Å². The lowest BCUT2D eigenvalue weighted by Gasteiger charge is -2.40. The normalized spacial score (nSPS) is 31.4. The number of carboxylic acids is 2. The maximum absolute atomic E-state index is 11.8. The van der Waals surface area contributed by atoms with E-state index in [2.05, 4.69) is 0 Å². The highest BCUT2D eigenvalue weighted by atomic mass is 32.2. The van der Waals surface area contributed by atoms with Crippen LogP contribution in [0, 0.1) is 11.8 Å². The van der Waals surface area contributed by atoms with Crippen molar-refractivity contribution in [3.05, 3.63) is 0 Å². The van der Waals surface area contributed by atoms with Crippen LogP contribution < -0.4 is 0 Å². The molecule has 0 radical (unpaired) electrons. The predicted molar refractivity (Wildman–Crippen MR) is 78.3 cm³/mol. The van der Waals surface area contributed by atoms with E-state index < -0.39 is 44.9 Å². The first-order chi connectivity index (χ1) is 10.6. The molecule has 0 spiro atoms. The van der Waals surface area contributed by atoms with E-state index >= 15 is 0 Å². The Kier molecular flexibility index (Phi) is 5.32. The van der Waals surface area contributed by atoms with Gasteiger partial charge in [0.05, 0.1) is 17.9 Å². The van der Waals surface area contributed by atoms with Crippen LogP contribution in [0.3, 0.4) is 0 Å². The summed E-state index contributed by atoms with van der Waals surface area (Å²) in [6, 6.07) is 0. The quantitative estimate of drug-likeness (QED) is 0.634. The fourth-order valence-corrected chi connectivity index (χ4v) is 4.66. The first kappa shape index (κ1) is 18.2. The van der Waals surface area contributed by atoms with Crippen LogP contribution in [0.25, 0.3) is 0 Å². The second-order valence-corrected chi connectivity index (χ2v) is 8.16. The molecule has 0 aliphatic heterocycles. The maximum atomic E-state index is 11.8. The van der Waals surface area contributed by atoms with Crippen LogP contribution in [-0.2, 0) is 24.4 Å². The Labute approximate surface area is 134 Å². The highest BCUT2D eigenvalue weighted by Crippen LogP contribution is 2.41. The third-order valence-electron chi connectivity index (χ3n) is 4.83. The Morgan fingerprint density at radius 2 is 1.39 bits per heavy atom. The zero-order valence-electron chi connectivity index (χ0n) is 12.7. The molecule has 2 unspecified atom stereocenters. The number of hydrogen-bond acceptors (Lipinski definition) is 5. The molecule has 8 nitrogen and oxygen atoms in total. The molecule has 0 amide bonds. The van der Waals surface area contributed by atoms with Crippen LogP contribution in [0.2, 0.25) is 0 Å². The van der Waals surface area contributed by atoms with Crippen molar-refractivity contribution in [1.29, 1.82) is 0 Å². The van der Waals surface area contributed by atoms with Gasteiger partial charge in [0.1, 0.15) is 0 Å². The average Bonchev–Trinajstić information content (AvgIpc) is 2.46. The van der Waals surface area contributed by atoms with Crippen molar-refractivity contribution in [1.82, 2.24) is 0 Å². The molecule has 0 heterocycles. The van der Waals surface area contributed by atoms with Crippen LogP contribution in [-0.4, -0.2) is 46.2 Å². The van der Waals surface area contributed by atoms with Crippen LogP contribution in [0.4, 0.5) is 0 Å². The first-order valence-corrected chi connectivity index (χ1v) is 9.19. The highest BCUT2D eigenvalue weighted by Gasteiger charge is 2.48. The molecule has 2 fully saturated rings. The Morgan fingerprint density at radius 3 is 1.78 bits per heavy atom. The molecule has 9 heteroatoms. The third kappa shape index (κ3) is 4.02. The Hall–Kier alpha value is -1.19. The van der Waals surface area contributed by atoms with Gasteiger partial charge in [0.15, 0.2) is 4.93 Å². The van der Waals surface area contributed by atoms with Crippen molar-refractivity contribution in [2.45, 2.75) is 62.4 Å². The van der Waals surface area contributed by atoms with Crippen molar-refractivity contribution >= 4 is 22.1 Å². The van der Waals surface area contributed by atoms with Gasteiger partial charge in [-0.05, 0) is 44.9 Å². The van der Waals surface area contributed by atoms with Crippen LogP contribution in [0.15, 0.2) is 0 Å². The summed E-state index contributed by atoms with van der Waals surface area (Å²) in [5, 5.41) is 18.3. The Balaban J connectivity index is 2.21. The molecule has 2 aliphatic carbocycles. The summed E-state index contributed by atoms with van der Waals surface area (Å²) in [7, 11) is -4.48. The zero-order chi connectivity index (χ0) is 17.3. The topological polar surface area (TPSA) is 138 Å². The minimum atomic E-state index is -4.48. The summed E-state index contributed by atoms with van der Waals surface area (Å²) < 4.78 is 38.9. The molecule has 0 saturated heterocycles. The molecular formula is C14H22O8S. The number of carboxylic acid groups (broad SMARTS) is 2. The van der Waals surface area contributed by atoms with Gasteiger partial charge < -0.3 is 14.9 Å². The molecule has 2 aliphatic rings. The van der Waals surface area contributed by atoms with Gasteiger partial charge >= 0.3 is 11.9 Å². The monoisotopic (exact) mass is 350 g/mol.